The van der Waals surface area contributed by atoms with E-state index in [9.17, 15) is 0 Å². The Balaban J connectivity index is 0.000000250. The molecule has 0 N–H and O–H groups in total. The molecule has 0 unspecified atom stereocenters. The van der Waals surface area contributed by atoms with Crippen LogP contribution in [0.15, 0.2) is 17.5 Å². The van der Waals surface area contributed by atoms with Gasteiger partial charge in [0.1, 0.15) is 0 Å². The number of rotatable bonds is 0. The van der Waals surface area contributed by atoms with Gasteiger partial charge in [-0.2, -0.15) is 11.4 Å². The van der Waals surface area contributed by atoms with Crippen LogP contribution in [-0.2, 0) is 16.5 Å². The van der Waals surface area contributed by atoms with E-state index in [-0.39, 0.29) is 16.5 Å². The third-order valence-corrected chi connectivity index (χ3v) is 0.944. The Labute approximate surface area is 51.1 Å². The maximum atomic E-state index is 2.90. The molecule has 0 amide bonds. The van der Waals surface area contributed by atoms with E-state index in [1.807, 2.05) is 17.5 Å². The summed E-state index contributed by atoms with van der Waals surface area (Å²) in [4.78, 5) is 0. The Hall–Kier alpha value is 0.194. The maximum absolute atomic E-state index is 2.90. The van der Waals surface area contributed by atoms with Gasteiger partial charge in [0.15, 0.2) is 0 Å². The summed E-state index contributed by atoms with van der Waals surface area (Å²) in [5, 5.41) is 4.89. The van der Waals surface area contributed by atoms with Gasteiger partial charge in [0.2, 0.25) is 0 Å². The van der Waals surface area contributed by atoms with Crippen LogP contribution in [0.2, 0.25) is 0 Å². The van der Waals surface area contributed by atoms with Crippen molar-refractivity contribution in [1.82, 2.24) is 0 Å². The molecule has 36 valence electrons. The van der Waals surface area contributed by atoms with Crippen molar-refractivity contribution in [3.63, 3.8) is 0 Å². The fourth-order valence-electron chi connectivity index (χ4n) is 0.196. The molecular formula is C4H3NiS-. The van der Waals surface area contributed by atoms with Crippen LogP contribution >= 0.6 is 11.3 Å². The Morgan fingerprint density at radius 1 is 1.50 bits per heavy atom. The number of hydrogen-bond donors (Lipinski definition) is 0. The molecule has 1 heterocycles. The monoisotopic (exact) mass is 141 g/mol. The second-order valence-corrected chi connectivity index (χ2v) is 1.47. The minimum atomic E-state index is 0. The Kier molecular flexibility index (Phi) is 3.50. The van der Waals surface area contributed by atoms with Crippen molar-refractivity contribution in [3.8, 4) is 0 Å². The van der Waals surface area contributed by atoms with Crippen LogP contribution < -0.4 is 0 Å². The minimum Gasteiger partial charge on any atom is -0.304 e. The SMILES string of the molecule is [Ni].[c-]1cccs1. The molecule has 1 rings (SSSR count). The van der Waals surface area contributed by atoms with Crippen molar-refractivity contribution in [2.24, 2.45) is 0 Å². The average molecular weight is 142 g/mol. The summed E-state index contributed by atoms with van der Waals surface area (Å²) in [5.41, 5.74) is 0. The molecule has 0 atom stereocenters. The molecule has 0 bridgehead atoms. The molecule has 0 radical (unpaired) electrons. The minimum absolute atomic E-state index is 0. The topological polar surface area (TPSA) is 0 Å². The molecule has 0 nitrogen and oxygen atoms in total. The van der Waals surface area contributed by atoms with E-state index in [0.717, 1.165) is 0 Å². The van der Waals surface area contributed by atoms with Gasteiger partial charge in [-0.1, -0.05) is 0 Å². The summed E-state index contributed by atoms with van der Waals surface area (Å²) in [6.07, 6.45) is 0. The van der Waals surface area contributed by atoms with Crippen LogP contribution in [0.25, 0.3) is 0 Å². The van der Waals surface area contributed by atoms with Crippen LogP contribution in [0.4, 0.5) is 0 Å². The molecule has 0 aromatic carbocycles. The van der Waals surface area contributed by atoms with Gasteiger partial charge >= 0.3 is 0 Å². The van der Waals surface area contributed by atoms with Gasteiger partial charge < -0.3 is 11.3 Å². The van der Waals surface area contributed by atoms with Crippen LogP contribution in [-0.4, -0.2) is 0 Å². The average Bonchev–Trinajstić information content (AvgIpc) is 1.76. The first kappa shape index (κ1) is 6.19. The predicted molar refractivity (Wildman–Crippen MR) is 23.2 cm³/mol. The smallest absolute Gasteiger partial charge is 0 e. The van der Waals surface area contributed by atoms with Gasteiger partial charge in [0, 0.05) is 16.5 Å². The predicted octanol–water partition coefficient (Wildman–Crippen LogP) is 1.55. The second-order valence-electron chi connectivity index (χ2n) is 0.731. The molecule has 6 heavy (non-hydrogen) atoms. The second kappa shape index (κ2) is 3.39. The van der Waals surface area contributed by atoms with E-state index < -0.39 is 0 Å². The zero-order valence-corrected chi connectivity index (χ0v) is 4.76. The summed E-state index contributed by atoms with van der Waals surface area (Å²) in [6, 6.07) is 3.86. The van der Waals surface area contributed by atoms with Crippen molar-refractivity contribution < 1.29 is 16.5 Å². The molecule has 2 heteroatoms. The zero-order chi connectivity index (χ0) is 3.54. The molecule has 1 aromatic heterocycles. The van der Waals surface area contributed by atoms with Crippen molar-refractivity contribution in [2.45, 2.75) is 0 Å². The van der Waals surface area contributed by atoms with Gasteiger partial charge in [0.25, 0.3) is 0 Å². The fourth-order valence-corrected chi connectivity index (χ4v) is 0.589. The van der Waals surface area contributed by atoms with E-state index in [4.69, 9.17) is 0 Å². The van der Waals surface area contributed by atoms with Gasteiger partial charge in [0.05, 0.1) is 0 Å². The molecular weight excluding hydrogens is 139 g/mol. The zero-order valence-electron chi connectivity index (χ0n) is 2.96. The molecule has 0 aliphatic heterocycles. The van der Waals surface area contributed by atoms with Gasteiger partial charge in [-0.05, 0) is 0 Å². The fraction of sp³-hybridized carbons (Fsp3) is 0. The van der Waals surface area contributed by atoms with Crippen molar-refractivity contribution in [1.29, 1.82) is 0 Å². The maximum Gasteiger partial charge on any atom is 0 e. The third kappa shape index (κ3) is 1.59. The normalized spacial score (nSPS) is 6.67. The molecule has 0 aliphatic carbocycles. The van der Waals surface area contributed by atoms with E-state index >= 15 is 0 Å². The van der Waals surface area contributed by atoms with Crippen LogP contribution in [0, 0.1) is 5.38 Å². The Bertz CT molecular complexity index is 64.0. The molecule has 0 saturated carbocycles. The van der Waals surface area contributed by atoms with E-state index in [1.54, 1.807) is 11.3 Å². The van der Waals surface area contributed by atoms with Crippen LogP contribution in [0.5, 0.6) is 0 Å². The van der Waals surface area contributed by atoms with E-state index in [0.29, 0.717) is 0 Å². The first-order valence-electron chi connectivity index (χ1n) is 1.40. The van der Waals surface area contributed by atoms with E-state index in [2.05, 4.69) is 5.38 Å². The molecule has 0 saturated heterocycles. The standard InChI is InChI=1S/C4H3S.Ni/c1-2-4-5-3-1;/h1-3H;/q-1;. The number of hydrogen-bond acceptors (Lipinski definition) is 1. The van der Waals surface area contributed by atoms with Crippen molar-refractivity contribution >= 4 is 11.3 Å². The molecule has 0 spiro atoms. The quantitative estimate of drug-likeness (QED) is 0.380. The molecule has 0 fully saturated rings. The molecule has 0 aliphatic rings. The Morgan fingerprint density at radius 2 is 2.33 bits per heavy atom. The summed E-state index contributed by atoms with van der Waals surface area (Å²) >= 11 is 1.59. The Morgan fingerprint density at radius 3 is 2.50 bits per heavy atom. The van der Waals surface area contributed by atoms with Crippen molar-refractivity contribution in [2.75, 3.05) is 0 Å². The van der Waals surface area contributed by atoms with Gasteiger partial charge in [-0.25, -0.2) is 6.07 Å². The summed E-state index contributed by atoms with van der Waals surface area (Å²) in [7, 11) is 0. The van der Waals surface area contributed by atoms with Gasteiger partial charge in [-0.3, -0.25) is 0 Å². The largest absolute Gasteiger partial charge is 0.304 e. The van der Waals surface area contributed by atoms with Crippen LogP contribution in [0.3, 0.4) is 0 Å². The third-order valence-electron chi connectivity index (χ3n) is 0.379. The summed E-state index contributed by atoms with van der Waals surface area (Å²) in [6.45, 7) is 0. The number of thiophene rings is 1. The first-order valence-corrected chi connectivity index (χ1v) is 2.27. The van der Waals surface area contributed by atoms with Crippen LogP contribution in [0.1, 0.15) is 0 Å². The summed E-state index contributed by atoms with van der Waals surface area (Å²) < 4.78 is 0. The molecule has 1 aromatic rings. The van der Waals surface area contributed by atoms with Crippen molar-refractivity contribution in [3.05, 3.63) is 22.9 Å². The first-order chi connectivity index (χ1) is 2.50. The van der Waals surface area contributed by atoms with Gasteiger partial charge in [-0.15, -0.1) is 5.38 Å². The summed E-state index contributed by atoms with van der Waals surface area (Å²) in [5.74, 6) is 0. The van der Waals surface area contributed by atoms with E-state index in [1.165, 1.54) is 0 Å².